The molecular weight excluding hydrogens is 184 g/mol. The van der Waals surface area contributed by atoms with E-state index < -0.39 is 0 Å². The van der Waals surface area contributed by atoms with E-state index in [1.165, 1.54) is 11.1 Å². The van der Waals surface area contributed by atoms with Gasteiger partial charge in [-0.05, 0) is 24.1 Å². The number of hydrogen-bond donors (Lipinski definition) is 0. The molecule has 0 heterocycles. The Morgan fingerprint density at radius 3 is 2.85 bits per heavy atom. The standard InChI is InChI=1S/C11H13ClO/c1-2-10-6-3-4-7-11(10)13-9-5-8-12/h3-8H,2,9H2,1H3. The number of benzene rings is 1. The first-order valence-corrected chi connectivity index (χ1v) is 4.78. The molecule has 0 spiro atoms. The maximum Gasteiger partial charge on any atom is 0.122 e. The van der Waals surface area contributed by atoms with Crippen molar-refractivity contribution in [2.24, 2.45) is 0 Å². The average molecular weight is 197 g/mol. The number of aryl methyl sites for hydroxylation is 1. The van der Waals surface area contributed by atoms with Crippen LogP contribution >= 0.6 is 11.6 Å². The zero-order valence-electron chi connectivity index (χ0n) is 7.66. The molecule has 0 aliphatic rings. The average Bonchev–Trinajstić information content (AvgIpc) is 2.19. The molecule has 0 aromatic heterocycles. The van der Waals surface area contributed by atoms with Gasteiger partial charge in [-0.25, -0.2) is 0 Å². The number of hydrogen-bond acceptors (Lipinski definition) is 1. The third-order valence-electron chi connectivity index (χ3n) is 1.78. The van der Waals surface area contributed by atoms with Gasteiger partial charge >= 0.3 is 0 Å². The summed E-state index contributed by atoms with van der Waals surface area (Å²) in [5.41, 5.74) is 2.69. The summed E-state index contributed by atoms with van der Waals surface area (Å²) in [6, 6.07) is 8.03. The molecule has 1 nitrogen and oxygen atoms in total. The second kappa shape index (κ2) is 5.65. The maximum absolute atomic E-state index is 5.50. The van der Waals surface area contributed by atoms with Gasteiger partial charge in [0.1, 0.15) is 12.4 Å². The molecular formula is C11H13ClO. The molecule has 0 amide bonds. The first-order valence-electron chi connectivity index (χ1n) is 4.34. The summed E-state index contributed by atoms with van der Waals surface area (Å²) in [5, 5.41) is 0. The van der Waals surface area contributed by atoms with E-state index in [4.69, 9.17) is 16.3 Å². The summed E-state index contributed by atoms with van der Waals surface area (Å²) in [6.45, 7) is 2.64. The summed E-state index contributed by atoms with van der Waals surface area (Å²) in [5.74, 6) is 0.944. The van der Waals surface area contributed by atoms with E-state index in [0.717, 1.165) is 12.2 Å². The Morgan fingerprint density at radius 1 is 1.38 bits per heavy atom. The Kier molecular flexibility index (Phi) is 4.41. The topological polar surface area (TPSA) is 9.23 Å². The molecule has 0 aliphatic carbocycles. The summed E-state index contributed by atoms with van der Waals surface area (Å²) in [7, 11) is 0. The molecule has 2 heteroatoms. The number of halogens is 1. The monoisotopic (exact) mass is 196 g/mol. The van der Waals surface area contributed by atoms with Crippen LogP contribution in [0.4, 0.5) is 0 Å². The zero-order chi connectivity index (χ0) is 9.52. The molecule has 1 rings (SSSR count). The van der Waals surface area contributed by atoms with Gasteiger partial charge in [-0.2, -0.15) is 0 Å². The Bertz CT molecular complexity index is 281. The van der Waals surface area contributed by atoms with Gasteiger partial charge in [0.05, 0.1) is 0 Å². The van der Waals surface area contributed by atoms with Crippen molar-refractivity contribution < 1.29 is 4.74 Å². The first kappa shape index (κ1) is 10.1. The summed E-state index contributed by atoms with van der Waals surface area (Å²) >= 11 is 5.38. The van der Waals surface area contributed by atoms with Gasteiger partial charge < -0.3 is 4.74 Å². The second-order valence-corrected chi connectivity index (χ2v) is 2.89. The summed E-state index contributed by atoms with van der Waals surface area (Å²) in [6.07, 6.45) is 2.76. The Hall–Kier alpha value is -0.950. The molecule has 1 aromatic rings. The molecule has 70 valence electrons. The summed E-state index contributed by atoms with van der Waals surface area (Å²) in [4.78, 5) is 0. The van der Waals surface area contributed by atoms with Crippen LogP contribution in [0.5, 0.6) is 5.75 Å². The Morgan fingerprint density at radius 2 is 2.15 bits per heavy atom. The van der Waals surface area contributed by atoms with E-state index in [1.807, 2.05) is 18.2 Å². The molecule has 13 heavy (non-hydrogen) atoms. The largest absolute Gasteiger partial charge is 0.489 e. The van der Waals surface area contributed by atoms with Crippen LogP contribution in [-0.4, -0.2) is 6.61 Å². The minimum Gasteiger partial charge on any atom is -0.489 e. The fourth-order valence-corrected chi connectivity index (χ4v) is 1.18. The van der Waals surface area contributed by atoms with Crippen LogP contribution in [0.1, 0.15) is 12.5 Å². The van der Waals surface area contributed by atoms with E-state index >= 15 is 0 Å². The quantitative estimate of drug-likeness (QED) is 0.718. The fourth-order valence-electron chi connectivity index (χ4n) is 1.11. The molecule has 0 saturated heterocycles. The van der Waals surface area contributed by atoms with Gasteiger partial charge in [-0.3, -0.25) is 0 Å². The van der Waals surface area contributed by atoms with E-state index in [-0.39, 0.29) is 0 Å². The highest BCUT2D eigenvalue weighted by atomic mass is 35.5. The summed E-state index contributed by atoms with van der Waals surface area (Å²) < 4.78 is 5.50. The van der Waals surface area contributed by atoms with Crippen LogP contribution in [0.15, 0.2) is 35.9 Å². The van der Waals surface area contributed by atoms with Crippen molar-refractivity contribution >= 4 is 11.6 Å². The van der Waals surface area contributed by atoms with Crippen molar-refractivity contribution in [3.05, 3.63) is 41.4 Å². The lowest BCUT2D eigenvalue weighted by atomic mass is 10.1. The van der Waals surface area contributed by atoms with Crippen LogP contribution < -0.4 is 4.74 Å². The minimum absolute atomic E-state index is 0.528. The maximum atomic E-state index is 5.50. The third-order valence-corrected chi connectivity index (χ3v) is 1.96. The van der Waals surface area contributed by atoms with Gasteiger partial charge in [0.25, 0.3) is 0 Å². The lowest BCUT2D eigenvalue weighted by Crippen LogP contribution is -1.96. The van der Waals surface area contributed by atoms with Crippen LogP contribution in [0.2, 0.25) is 0 Å². The lowest BCUT2D eigenvalue weighted by molar-refractivity contribution is 0.359. The van der Waals surface area contributed by atoms with Crippen molar-refractivity contribution in [1.82, 2.24) is 0 Å². The lowest BCUT2D eigenvalue weighted by Gasteiger charge is -2.07. The molecule has 1 aromatic carbocycles. The number of ether oxygens (including phenoxy) is 1. The SMILES string of the molecule is CCc1ccccc1OCC=CCl. The molecule has 0 bridgehead atoms. The van der Waals surface area contributed by atoms with E-state index in [1.54, 1.807) is 6.08 Å². The van der Waals surface area contributed by atoms with Gasteiger partial charge in [-0.15, -0.1) is 0 Å². The molecule has 0 fully saturated rings. The Balaban J connectivity index is 2.64. The third kappa shape index (κ3) is 3.11. The molecule has 0 radical (unpaired) electrons. The minimum atomic E-state index is 0.528. The normalized spacial score (nSPS) is 10.6. The van der Waals surface area contributed by atoms with Crippen molar-refractivity contribution in [3.8, 4) is 5.75 Å². The van der Waals surface area contributed by atoms with Gasteiger partial charge in [0, 0.05) is 5.54 Å². The zero-order valence-corrected chi connectivity index (χ0v) is 8.42. The predicted molar refractivity (Wildman–Crippen MR) is 56.3 cm³/mol. The highest BCUT2D eigenvalue weighted by Gasteiger charge is 1.97. The molecule has 0 N–H and O–H groups in total. The van der Waals surface area contributed by atoms with Crippen LogP contribution in [-0.2, 0) is 6.42 Å². The van der Waals surface area contributed by atoms with Crippen LogP contribution in [0.3, 0.4) is 0 Å². The smallest absolute Gasteiger partial charge is 0.122 e. The van der Waals surface area contributed by atoms with Crippen molar-refractivity contribution in [2.75, 3.05) is 6.61 Å². The second-order valence-electron chi connectivity index (χ2n) is 2.63. The molecule has 0 saturated carbocycles. The van der Waals surface area contributed by atoms with Gasteiger partial charge in [-0.1, -0.05) is 36.7 Å². The van der Waals surface area contributed by atoms with Gasteiger partial charge in [0.2, 0.25) is 0 Å². The first-order chi connectivity index (χ1) is 6.38. The van der Waals surface area contributed by atoms with Gasteiger partial charge in [0.15, 0.2) is 0 Å². The Labute approximate surface area is 84.0 Å². The molecule has 0 atom stereocenters. The van der Waals surface area contributed by atoms with E-state index in [2.05, 4.69) is 13.0 Å². The van der Waals surface area contributed by atoms with Crippen molar-refractivity contribution in [1.29, 1.82) is 0 Å². The fraction of sp³-hybridized carbons (Fsp3) is 0.273. The van der Waals surface area contributed by atoms with Crippen molar-refractivity contribution in [2.45, 2.75) is 13.3 Å². The predicted octanol–water partition coefficient (Wildman–Crippen LogP) is 3.38. The number of rotatable bonds is 4. The highest BCUT2D eigenvalue weighted by Crippen LogP contribution is 2.17. The number of para-hydroxylation sites is 1. The van der Waals surface area contributed by atoms with Crippen LogP contribution in [0.25, 0.3) is 0 Å². The van der Waals surface area contributed by atoms with Crippen LogP contribution in [0, 0.1) is 0 Å². The van der Waals surface area contributed by atoms with Crippen molar-refractivity contribution in [3.63, 3.8) is 0 Å². The molecule has 0 aliphatic heterocycles. The van der Waals surface area contributed by atoms with E-state index in [9.17, 15) is 0 Å². The highest BCUT2D eigenvalue weighted by molar-refractivity contribution is 6.25. The molecule has 0 unspecified atom stereocenters. The van der Waals surface area contributed by atoms with E-state index in [0.29, 0.717) is 6.61 Å².